The third-order valence-corrected chi connectivity index (χ3v) is 7.78. The van der Waals surface area contributed by atoms with E-state index in [0.29, 0.717) is 25.9 Å². The molecule has 4 fully saturated rings. The van der Waals surface area contributed by atoms with E-state index in [0.717, 1.165) is 24.3 Å². The molecule has 5 atom stereocenters. The Balaban J connectivity index is 1.66. The Morgan fingerprint density at radius 3 is 2.96 bits per heavy atom. The molecule has 28 heavy (non-hydrogen) atoms. The zero-order chi connectivity index (χ0) is 19.2. The Bertz CT molecular complexity index is 940. The van der Waals surface area contributed by atoms with E-state index in [4.69, 9.17) is 4.74 Å². The molecule has 146 valence electrons. The Morgan fingerprint density at radius 2 is 2.11 bits per heavy atom. The van der Waals surface area contributed by atoms with Gasteiger partial charge in [0.15, 0.2) is 0 Å². The maximum atomic E-state index is 13.8. The second-order valence-corrected chi connectivity index (χ2v) is 9.04. The maximum absolute atomic E-state index is 13.8. The summed E-state index contributed by atoms with van der Waals surface area (Å²) < 4.78 is 6.17. The lowest BCUT2D eigenvalue weighted by molar-refractivity contribution is -0.140. The van der Waals surface area contributed by atoms with Gasteiger partial charge >= 0.3 is 0 Å². The van der Waals surface area contributed by atoms with Crippen molar-refractivity contribution in [3.05, 3.63) is 35.4 Å². The molecule has 1 N–H and O–H groups in total. The van der Waals surface area contributed by atoms with E-state index in [1.54, 1.807) is 12.1 Å². The van der Waals surface area contributed by atoms with Gasteiger partial charge < -0.3 is 19.6 Å². The van der Waals surface area contributed by atoms with E-state index in [1.165, 1.54) is 5.57 Å². The van der Waals surface area contributed by atoms with E-state index < -0.39 is 5.41 Å². The topological polar surface area (TPSA) is 70.1 Å². The Hall–Kier alpha value is -2.18. The molecule has 3 saturated heterocycles. The highest BCUT2D eigenvalue weighted by atomic mass is 16.5. The molecule has 1 amide bonds. The van der Waals surface area contributed by atoms with Gasteiger partial charge in [-0.25, -0.2) is 0 Å². The van der Waals surface area contributed by atoms with Crippen molar-refractivity contribution in [3.8, 4) is 5.75 Å². The number of Topliss-reactive ketones (excluding diaryl/α,β-unsaturated/α-hetero) is 1. The average Bonchev–Trinajstić information content (AvgIpc) is 2.89. The Kier molecular flexibility index (Phi) is 3.26. The van der Waals surface area contributed by atoms with Gasteiger partial charge in [-0.05, 0) is 49.7 Å². The molecule has 6 aliphatic rings. The van der Waals surface area contributed by atoms with Crippen LogP contribution in [0.1, 0.15) is 24.8 Å². The van der Waals surface area contributed by atoms with Crippen LogP contribution in [-0.4, -0.2) is 60.6 Å². The van der Waals surface area contributed by atoms with E-state index in [2.05, 4.69) is 18.0 Å². The van der Waals surface area contributed by atoms with E-state index in [1.807, 2.05) is 11.0 Å². The molecule has 4 bridgehead atoms. The monoisotopic (exact) mass is 380 g/mol. The van der Waals surface area contributed by atoms with Crippen LogP contribution in [0.25, 0.3) is 0 Å². The molecular formula is C22H24N2O4. The first-order chi connectivity index (χ1) is 13.5. The third-order valence-electron chi connectivity index (χ3n) is 7.78. The number of phenolic OH excluding ortho intramolecular Hbond substituents is 1. The maximum Gasteiger partial charge on any atom is 0.229 e. The second kappa shape index (κ2) is 5.45. The van der Waals surface area contributed by atoms with Gasteiger partial charge in [-0.2, -0.15) is 0 Å². The zero-order valence-electron chi connectivity index (χ0n) is 15.9. The van der Waals surface area contributed by atoms with E-state index >= 15 is 0 Å². The second-order valence-electron chi connectivity index (χ2n) is 9.04. The normalized spacial score (nSPS) is 39.0. The first-order valence-electron chi connectivity index (χ1n) is 10.2. The van der Waals surface area contributed by atoms with Crippen LogP contribution in [0.3, 0.4) is 0 Å². The van der Waals surface area contributed by atoms with Crippen molar-refractivity contribution in [3.63, 3.8) is 0 Å². The number of carbonyl (C=O) groups is 2. The predicted octanol–water partition coefficient (Wildman–Crippen LogP) is 1.61. The smallest absolute Gasteiger partial charge is 0.229 e. The molecule has 0 unspecified atom stereocenters. The molecule has 1 aromatic rings. The third kappa shape index (κ3) is 1.90. The fourth-order valence-corrected chi connectivity index (χ4v) is 6.67. The lowest BCUT2D eigenvalue weighted by atomic mass is 9.55. The number of ketones is 1. The molecule has 5 heterocycles. The Labute approximate surface area is 163 Å². The summed E-state index contributed by atoms with van der Waals surface area (Å²) in [6, 6.07) is 4.95. The average molecular weight is 380 g/mol. The fourth-order valence-electron chi connectivity index (χ4n) is 6.67. The summed E-state index contributed by atoms with van der Waals surface area (Å²) in [7, 11) is 2.10. The number of benzene rings is 1. The SMILES string of the molecule is CN1CC[C@]23C(=O)C[C@H]4C(=CCO[C@H]5CC(=O)N(c6ccc(O)cc62)[C@H]3[C@H]54)C1. The van der Waals surface area contributed by atoms with Gasteiger partial charge in [0.1, 0.15) is 11.5 Å². The van der Waals surface area contributed by atoms with Crippen molar-refractivity contribution in [2.75, 3.05) is 31.6 Å². The molecule has 6 heteroatoms. The number of ether oxygens (including phenoxy) is 1. The summed E-state index contributed by atoms with van der Waals surface area (Å²) in [5.74, 6) is 0.634. The number of amides is 1. The van der Waals surface area contributed by atoms with E-state index in [-0.39, 0.29) is 41.4 Å². The van der Waals surface area contributed by atoms with Crippen LogP contribution >= 0.6 is 0 Å². The van der Waals surface area contributed by atoms with Crippen LogP contribution in [0, 0.1) is 11.8 Å². The van der Waals surface area contributed by atoms with Gasteiger partial charge in [-0.1, -0.05) is 11.6 Å². The minimum absolute atomic E-state index is 0.0320. The zero-order valence-corrected chi connectivity index (χ0v) is 15.9. The summed E-state index contributed by atoms with van der Waals surface area (Å²) in [4.78, 5) is 31.2. The number of aromatic hydroxyl groups is 1. The summed E-state index contributed by atoms with van der Waals surface area (Å²) >= 11 is 0. The lowest BCUT2D eigenvalue weighted by Crippen LogP contribution is -2.66. The number of hydrogen-bond acceptors (Lipinski definition) is 5. The predicted molar refractivity (Wildman–Crippen MR) is 102 cm³/mol. The molecule has 0 radical (unpaired) electrons. The van der Waals surface area contributed by atoms with Crippen LogP contribution in [0.4, 0.5) is 5.69 Å². The van der Waals surface area contributed by atoms with Crippen LogP contribution in [0.2, 0.25) is 0 Å². The molecule has 1 saturated carbocycles. The number of nitrogens with zero attached hydrogens (tertiary/aromatic N) is 2. The van der Waals surface area contributed by atoms with Gasteiger partial charge in [0.05, 0.1) is 30.6 Å². The molecule has 1 aliphatic carbocycles. The van der Waals surface area contributed by atoms with Crippen molar-refractivity contribution in [1.29, 1.82) is 0 Å². The Morgan fingerprint density at radius 1 is 1.25 bits per heavy atom. The highest BCUT2D eigenvalue weighted by Gasteiger charge is 2.67. The minimum atomic E-state index is -0.749. The van der Waals surface area contributed by atoms with Gasteiger partial charge in [0.25, 0.3) is 0 Å². The number of carbonyl (C=O) groups excluding carboxylic acids is 2. The first kappa shape index (κ1) is 16.7. The number of hydrogen-bond donors (Lipinski definition) is 1. The van der Waals surface area contributed by atoms with Crippen LogP contribution in [0.5, 0.6) is 5.75 Å². The molecule has 1 aromatic carbocycles. The van der Waals surface area contributed by atoms with Gasteiger partial charge in [0.2, 0.25) is 5.91 Å². The number of rotatable bonds is 0. The molecule has 5 aliphatic heterocycles. The summed E-state index contributed by atoms with van der Waals surface area (Å²) in [6.07, 6.45) is 3.52. The first-order valence-corrected chi connectivity index (χ1v) is 10.2. The van der Waals surface area contributed by atoms with Crippen molar-refractivity contribution in [2.45, 2.75) is 36.8 Å². The van der Waals surface area contributed by atoms with Crippen molar-refractivity contribution < 1.29 is 19.4 Å². The van der Waals surface area contributed by atoms with Crippen LogP contribution in [0.15, 0.2) is 29.8 Å². The molecule has 1 spiro atoms. The lowest BCUT2D eigenvalue weighted by Gasteiger charge is -2.53. The molecular weight excluding hydrogens is 356 g/mol. The van der Waals surface area contributed by atoms with E-state index in [9.17, 15) is 14.7 Å². The number of anilines is 1. The van der Waals surface area contributed by atoms with Gasteiger partial charge in [0, 0.05) is 24.6 Å². The number of fused-ring (bicyclic) bond motifs is 6. The molecule has 7 rings (SSSR count). The fraction of sp³-hybridized carbons (Fsp3) is 0.545. The highest BCUT2D eigenvalue weighted by Crippen LogP contribution is 2.60. The minimum Gasteiger partial charge on any atom is -0.508 e. The molecule has 6 nitrogen and oxygen atoms in total. The van der Waals surface area contributed by atoms with Crippen LogP contribution < -0.4 is 4.90 Å². The largest absolute Gasteiger partial charge is 0.508 e. The number of phenols is 1. The number of likely N-dealkylation sites (N-methyl/N-ethyl adjacent to an activating group) is 1. The highest BCUT2D eigenvalue weighted by molar-refractivity contribution is 6.06. The summed E-state index contributed by atoms with van der Waals surface area (Å²) in [5.41, 5.74) is 2.17. The quantitative estimate of drug-likeness (QED) is 0.693. The van der Waals surface area contributed by atoms with Crippen molar-refractivity contribution >= 4 is 17.4 Å². The van der Waals surface area contributed by atoms with Gasteiger partial charge in [-0.15, -0.1) is 0 Å². The van der Waals surface area contributed by atoms with Crippen molar-refractivity contribution in [1.82, 2.24) is 4.90 Å². The summed E-state index contributed by atoms with van der Waals surface area (Å²) in [5, 5.41) is 10.2. The van der Waals surface area contributed by atoms with Gasteiger partial charge in [-0.3, -0.25) is 9.59 Å². The number of piperidine rings is 1. The van der Waals surface area contributed by atoms with Crippen LogP contribution in [-0.2, 0) is 19.7 Å². The van der Waals surface area contributed by atoms with Crippen molar-refractivity contribution in [2.24, 2.45) is 11.8 Å². The molecule has 0 aromatic heterocycles. The summed E-state index contributed by atoms with van der Waals surface area (Å²) in [6.45, 7) is 2.13. The standard InChI is InChI=1S/C22H24N2O4/c1-23-6-5-22-15-8-13(25)2-3-16(15)24-19(27)10-17-20(21(22)24)14(9-18(22)26)12(11-23)4-7-28-17/h2-4,8,14,17,20-21,25H,5-7,9-11H2,1H3/t14-,17-,20-,21-,22+/m0/s1.